The summed E-state index contributed by atoms with van der Waals surface area (Å²) in [5, 5.41) is 0. The van der Waals surface area contributed by atoms with Gasteiger partial charge in [-0.3, -0.25) is 0 Å². The largest absolute Gasteiger partial charge is 0.264 e. The van der Waals surface area contributed by atoms with Crippen LogP contribution < -0.4 is 0 Å². The maximum atomic E-state index is 12.8. The first-order chi connectivity index (χ1) is 7.70. The van der Waals surface area contributed by atoms with Crippen molar-refractivity contribution in [3.05, 3.63) is 58.6 Å². The average molecular weight is 283 g/mol. The molecule has 3 heteroatoms. The molecule has 0 saturated carbocycles. The first-order valence-corrected chi connectivity index (χ1v) is 5.61. The van der Waals surface area contributed by atoms with Gasteiger partial charge < -0.3 is 0 Å². The lowest BCUT2D eigenvalue weighted by atomic mass is 10.0. The van der Waals surface area contributed by atoms with E-state index >= 15 is 0 Å². The lowest BCUT2D eigenvalue weighted by Gasteiger charge is -2.10. The summed E-state index contributed by atoms with van der Waals surface area (Å²) in [7, 11) is 0. The van der Waals surface area contributed by atoms with E-state index in [1.807, 2.05) is 24.3 Å². The van der Waals surface area contributed by atoms with Crippen molar-refractivity contribution in [2.45, 2.75) is 6.43 Å². The van der Waals surface area contributed by atoms with Gasteiger partial charge in [0.05, 0.1) is 0 Å². The van der Waals surface area contributed by atoms with E-state index in [1.54, 1.807) is 18.2 Å². The molecule has 0 N–H and O–H groups in total. The molecule has 0 unspecified atom stereocenters. The van der Waals surface area contributed by atoms with E-state index in [4.69, 9.17) is 0 Å². The van der Waals surface area contributed by atoms with Crippen molar-refractivity contribution in [1.29, 1.82) is 0 Å². The molecule has 2 aromatic rings. The zero-order valence-electron chi connectivity index (χ0n) is 8.33. The molecule has 0 nitrogen and oxygen atoms in total. The molecule has 2 aromatic carbocycles. The molecule has 0 aliphatic rings. The topological polar surface area (TPSA) is 0 Å². The van der Waals surface area contributed by atoms with E-state index in [1.165, 1.54) is 6.07 Å². The number of rotatable bonds is 2. The summed E-state index contributed by atoms with van der Waals surface area (Å²) in [6.45, 7) is 0. The van der Waals surface area contributed by atoms with Crippen molar-refractivity contribution in [2.24, 2.45) is 0 Å². The molecule has 2 rings (SSSR count). The van der Waals surface area contributed by atoms with Crippen LogP contribution in [0.3, 0.4) is 0 Å². The molecule has 0 spiro atoms. The Bertz CT molecular complexity index is 495. The maximum absolute atomic E-state index is 12.8. The highest BCUT2D eigenvalue weighted by atomic mass is 79.9. The molecule has 0 amide bonds. The number of benzene rings is 2. The van der Waals surface area contributed by atoms with Gasteiger partial charge in [-0.05, 0) is 17.2 Å². The molecule has 0 bridgehead atoms. The van der Waals surface area contributed by atoms with E-state index in [-0.39, 0.29) is 5.56 Å². The fraction of sp³-hybridized carbons (Fsp3) is 0.0769. The lowest BCUT2D eigenvalue weighted by molar-refractivity contribution is 0.152. The summed E-state index contributed by atoms with van der Waals surface area (Å²) in [4.78, 5) is 0. The fourth-order valence-corrected chi connectivity index (χ4v) is 2.11. The minimum Gasteiger partial charge on any atom is -0.205 e. The Hall–Kier alpha value is -1.22. The average Bonchev–Trinajstić information content (AvgIpc) is 2.29. The first-order valence-electron chi connectivity index (χ1n) is 4.82. The highest BCUT2D eigenvalue weighted by molar-refractivity contribution is 9.10. The number of halogens is 3. The van der Waals surface area contributed by atoms with Gasteiger partial charge in [-0.25, -0.2) is 8.78 Å². The molecule has 82 valence electrons. The molecule has 0 aliphatic carbocycles. The normalized spacial score (nSPS) is 10.8. The van der Waals surface area contributed by atoms with Crippen molar-refractivity contribution in [3.63, 3.8) is 0 Å². The van der Waals surface area contributed by atoms with Crippen molar-refractivity contribution in [2.75, 3.05) is 0 Å². The summed E-state index contributed by atoms with van der Waals surface area (Å²) in [6, 6.07) is 13.9. The Morgan fingerprint density at radius 2 is 1.38 bits per heavy atom. The van der Waals surface area contributed by atoms with Gasteiger partial charge in [0.2, 0.25) is 0 Å². The Morgan fingerprint density at radius 3 is 2.00 bits per heavy atom. The van der Waals surface area contributed by atoms with Crippen LogP contribution in [0.2, 0.25) is 0 Å². The molecule has 16 heavy (non-hydrogen) atoms. The van der Waals surface area contributed by atoms with Crippen LogP contribution in [0.15, 0.2) is 53.0 Å². The van der Waals surface area contributed by atoms with Crippen LogP contribution >= 0.6 is 15.9 Å². The van der Waals surface area contributed by atoms with E-state index in [0.717, 1.165) is 10.0 Å². The van der Waals surface area contributed by atoms with Gasteiger partial charge in [0.1, 0.15) is 0 Å². The van der Waals surface area contributed by atoms with Crippen LogP contribution in [-0.2, 0) is 0 Å². The highest BCUT2D eigenvalue weighted by Crippen LogP contribution is 2.34. The number of hydrogen-bond donors (Lipinski definition) is 0. The minimum atomic E-state index is -2.46. The summed E-state index contributed by atoms with van der Waals surface area (Å²) < 4.78 is 26.5. The van der Waals surface area contributed by atoms with Crippen molar-refractivity contribution < 1.29 is 8.78 Å². The lowest BCUT2D eigenvalue weighted by Crippen LogP contribution is -1.90. The van der Waals surface area contributed by atoms with Gasteiger partial charge in [-0.15, -0.1) is 0 Å². The minimum absolute atomic E-state index is 0.0643. The van der Waals surface area contributed by atoms with Crippen LogP contribution in [0.25, 0.3) is 11.1 Å². The zero-order chi connectivity index (χ0) is 11.5. The summed E-state index contributed by atoms with van der Waals surface area (Å²) >= 11 is 3.37. The SMILES string of the molecule is FC(F)c1ccccc1-c1ccccc1Br. The second-order valence-electron chi connectivity index (χ2n) is 3.37. The third-order valence-electron chi connectivity index (χ3n) is 2.36. The van der Waals surface area contributed by atoms with Crippen LogP contribution in [0.1, 0.15) is 12.0 Å². The highest BCUT2D eigenvalue weighted by Gasteiger charge is 2.14. The fourth-order valence-electron chi connectivity index (χ4n) is 1.61. The molecule has 0 aromatic heterocycles. The van der Waals surface area contributed by atoms with E-state index < -0.39 is 6.43 Å². The van der Waals surface area contributed by atoms with Gasteiger partial charge in [0.25, 0.3) is 6.43 Å². The molecule has 0 aliphatic heterocycles. The van der Waals surface area contributed by atoms with Crippen LogP contribution in [-0.4, -0.2) is 0 Å². The molecular formula is C13H9BrF2. The van der Waals surface area contributed by atoms with Gasteiger partial charge in [-0.1, -0.05) is 58.4 Å². The quantitative estimate of drug-likeness (QED) is 0.723. The molecule has 0 saturated heterocycles. The van der Waals surface area contributed by atoms with Gasteiger partial charge in [-0.2, -0.15) is 0 Å². The van der Waals surface area contributed by atoms with Crippen LogP contribution in [0.5, 0.6) is 0 Å². The predicted octanol–water partition coefficient (Wildman–Crippen LogP) is 5.05. The van der Waals surface area contributed by atoms with Gasteiger partial charge in [0.15, 0.2) is 0 Å². The summed E-state index contributed by atoms with van der Waals surface area (Å²) in [6.07, 6.45) is -2.46. The predicted molar refractivity (Wildman–Crippen MR) is 64.5 cm³/mol. The molecule has 0 fully saturated rings. The smallest absolute Gasteiger partial charge is 0.205 e. The third kappa shape index (κ3) is 2.14. The molecule has 0 radical (unpaired) electrons. The Balaban J connectivity index is 2.60. The molecule has 0 heterocycles. The molecule has 0 atom stereocenters. The van der Waals surface area contributed by atoms with Gasteiger partial charge >= 0.3 is 0 Å². The van der Waals surface area contributed by atoms with Crippen LogP contribution in [0.4, 0.5) is 8.78 Å². The maximum Gasteiger partial charge on any atom is 0.264 e. The summed E-state index contributed by atoms with van der Waals surface area (Å²) in [5.74, 6) is 0. The number of alkyl halides is 2. The van der Waals surface area contributed by atoms with E-state index in [9.17, 15) is 8.78 Å². The summed E-state index contributed by atoms with van der Waals surface area (Å²) in [5.41, 5.74) is 1.43. The van der Waals surface area contributed by atoms with Crippen molar-refractivity contribution in [3.8, 4) is 11.1 Å². The second-order valence-corrected chi connectivity index (χ2v) is 4.22. The van der Waals surface area contributed by atoms with E-state index in [2.05, 4.69) is 15.9 Å². The first kappa shape index (κ1) is 11.3. The Kier molecular flexibility index (Phi) is 3.34. The number of hydrogen-bond acceptors (Lipinski definition) is 0. The Labute approximate surface area is 101 Å². The van der Waals surface area contributed by atoms with Crippen molar-refractivity contribution >= 4 is 15.9 Å². The van der Waals surface area contributed by atoms with Crippen molar-refractivity contribution in [1.82, 2.24) is 0 Å². The van der Waals surface area contributed by atoms with Crippen LogP contribution in [0, 0.1) is 0 Å². The standard InChI is InChI=1S/C13H9BrF2/c14-12-8-4-3-6-10(12)9-5-1-2-7-11(9)13(15)16/h1-8,13H. The van der Waals surface area contributed by atoms with Gasteiger partial charge in [0, 0.05) is 10.0 Å². The zero-order valence-corrected chi connectivity index (χ0v) is 9.92. The second kappa shape index (κ2) is 4.74. The molecular weight excluding hydrogens is 274 g/mol. The monoisotopic (exact) mass is 282 g/mol. The van der Waals surface area contributed by atoms with E-state index in [0.29, 0.717) is 5.56 Å². The third-order valence-corrected chi connectivity index (χ3v) is 3.05. The Morgan fingerprint density at radius 1 is 0.812 bits per heavy atom.